The zero-order valence-corrected chi connectivity index (χ0v) is 21.5. The highest BCUT2D eigenvalue weighted by Crippen LogP contribution is 2.40. The summed E-state index contributed by atoms with van der Waals surface area (Å²) in [6.07, 6.45) is 10.9. The van der Waals surface area contributed by atoms with Gasteiger partial charge >= 0.3 is 5.97 Å². The van der Waals surface area contributed by atoms with Gasteiger partial charge in [-0.3, -0.25) is 9.59 Å². The van der Waals surface area contributed by atoms with Crippen LogP contribution in [0.15, 0.2) is 42.5 Å². The van der Waals surface area contributed by atoms with Gasteiger partial charge in [0.15, 0.2) is 0 Å². The Labute approximate surface area is 209 Å². The zero-order valence-electron chi connectivity index (χ0n) is 21.5. The van der Waals surface area contributed by atoms with Gasteiger partial charge in [-0.1, -0.05) is 75.6 Å². The van der Waals surface area contributed by atoms with Crippen molar-refractivity contribution >= 4 is 18.0 Å². The summed E-state index contributed by atoms with van der Waals surface area (Å²) in [5.41, 5.74) is 5.11. The van der Waals surface area contributed by atoms with Crippen molar-refractivity contribution in [2.24, 2.45) is 0 Å². The van der Waals surface area contributed by atoms with Gasteiger partial charge in [0.1, 0.15) is 6.54 Å². The van der Waals surface area contributed by atoms with Crippen LogP contribution in [0.5, 0.6) is 0 Å². The van der Waals surface area contributed by atoms with Crippen molar-refractivity contribution in [3.8, 4) is 0 Å². The second kappa shape index (κ2) is 11.2. The third kappa shape index (κ3) is 6.02. The number of rotatable bonds is 9. The molecular weight excluding hydrogens is 438 g/mol. The van der Waals surface area contributed by atoms with E-state index in [1.54, 1.807) is 6.07 Å². The van der Waals surface area contributed by atoms with Crippen LogP contribution in [0.1, 0.15) is 97.0 Å². The van der Waals surface area contributed by atoms with Gasteiger partial charge in [0, 0.05) is 11.0 Å². The number of carboxylic acids is 1. The molecule has 5 heteroatoms. The van der Waals surface area contributed by atoms with Gasteiger partial charge < -0.3 is 15.5 Å². The molecule has 1 amide bonds. The van der Waals surface area contributed by atoms with Gasteiger partial charge in [0.2, 0.25) is 0 Å². The number of aryl methyl sites for hydroxylation is 2. The topological polar surface area (TPSA) is 86.6 Å². The number of carbonyl (C=O) groups is 2. The summed E-state index contributed by atoms with van der Waals surface area (Å²) in [6, 6.07) is 12.4. The molecule has 35 heavy (non-hydrogen) atoms. The molecule has 1 aliphatic carbocycles. The predicted octanol–water partition coefficient (Wildman–Crippen LogP) is 5.93. The second-order valence-corrected chi connectivity index (χ2v) is 9.96. The van der Waals surface area contributed by atoms with Crippen LogP contribution < -0.4 is 5.32 Å². The van der Waals surface area contributed by atoms with E-state index in [0.29, 0.717) is 5.56 Å². The molecule has 1 fully saturated rings. The van der Waals surface area contributed by atoms with Gasteiger partial charge in [-0.25, -0.2) is 0 Å². The van der Waals surface area contributed by atoms with Crippen LogP contribution in [-0.4, -0.2) is 34.2 Å². The van der Waals surface area contributed by atoms with E-state index in [-0.39, 0.29) is 11.3 Å². The van der Waals surface area contributed by atoms with Crippen LogP contribution in [0, 0.1) is 13.8 Å². The normalized spacial score (nSPS) is 15.8. The Balaban J connectivity index is 1.90. The van der Waals surface area contributed by atoms with Crippen molar-refractivity contribution in [2.45, 2.75) is 83.7 Å². The molecular formula is C30H39NO4. The summed E-state index contributed by atoms with van der Waals surface area (Å²) >= 11 is 0. The highest BCUT2D eigenvalue weighted by molar-refractivity contribution is 5.97. The summed E-state index contributed by atoms with van der Waals surface area (Å²) in [6.45, 7) is 7.99. The minimum Gasteiger partial charge on any atom is -0.480 e. The Morgan fingerprint density at radius 3 is 2.11 bits per heavy atom. The molecule has 0 heterocycles. The summed E-state index contributed by atoms with van der Waals surface area (Å²) in [7, 11) is 0. The van der Waals surface area contributed by atoms with Crippen molar-refractivity contribution in [3.05, 3.63) is 75.9 Å². The fourth-order valence-electron chi connectivity index (χ4n) is 5.44. The number of hydrogen-bond donors (Lipinski definition) is 3. The van der Waals surface area contributed by atoms with Crippen LogP contribution in [0.2, 0.25) is 0 Å². The Bertz CT molecular complexity index is 1090. The lowest BCUT2D eigenvalue weighted by molar-refractivity contribution is -0.135. The number of hydrogen-bond acceptors (Lipinski definition) is 3. The highest BCUT2D eigenvalue weighted by atomic mass is 16.4. The number of aliphatic hydroxyl groups is 1. The lowest BCUT2D eigenvalue weighted by Gasteiger charge is -2.34. The average molecular weight is 478 g/mol. The lowest BCUT2D eigenvalue weighted by Crippen LogP contribution is -2.30. The van der Waals surface area contributed by atoms with Crippen molar-refractivity contribution < 1.29 is 19.8 Å². The fraction of sp³-hybridized carbons (Fsp3) is 0.467. The van der Waals surface area contributed by atoms with Crippen LogP contribution in [0.3, 0.4) is 0 Å². The maximum absolute atomic E-state index is 12.4. The van der Waals surface area contributed by atoms with Crippen molar-refractivity contribution in [1.29, 1.82) is 0 Å². The summed E-state index contributed by atoms with van der Waals surface area (Å²) in [5, 5.41) is 22.1. The van der Waals surface area contributed by atoms with Crippen LogP contribution in [0.25, 0.3) is 6.08 Å². The third-order valence-electron chi connectivity index (χ3n) is 7.75. The number of aliphatic carboxylic acids is 1. The average Bonchev–Trinajstić information content (AvgIpc) is 2.83. The molecule has 5 nitrogen and oxygen atoms in total. The van der Waals surface area contributed by atoms with Crippen LogP contribution in [0.4, 0.5) is 0 Å². The molecule has 3 N–H and O–H groups in total. The number of nitrogens with one attached hydrogen (secondary N) is 1. The molecule has 1 aliphatic rings. The molecule has 3 rings (SSSR count). The second-order valence-electron chi connectivity index (χ2n) is 9.96. The minimum absolute atomic E-state index is 0.199. The number of benzene rings is 2. The Kier molecular flexibility index (Phi) is 8.55. The Hall–Kier alpha value is -2.92. The van der Waals surface area contributed by atoms with Gasteiger partial charge in [-0.2, -0.15) is 0 Å². The molecule has 1 saturated carbocycles. The molecule has 0 radical (unpaired) electrons. The van der Waals surface area contributed by atoms with E-state index in [9.17, 15) is 14.7 Å². The van der Waals surface area contributed by atoms with Crippen molar-refractivity contribution in [1.82, 2.24) is 5.32 Å². The summed E-state index contributed by atoms with van der Waals surface area (Å²) in [5.74, 6) is -1.44. The number of amides is 1. The molecule has 0 bridgehead atoms. The van der Waals surface area contributed by atoms with Crippen molar-refractivity contribution in [2.75, 3.05) is 6.54 Å². The maximum atomic E-state index is 12.4. The smallest absolute Gasteiger partial charge is 0.322 e. The van der Waals surface area contributed by atoms with E-state index < -0.39 is 18.1 Å². The first-order chi connectivity index (χ1) is 16.6. The van der Waals surface area contributed by atoms with Gasteiger partial charge in [-0.05, 0) is 73.4 Å². The van der Waals surface area contributed by atoms with Crippen LogP contribution >= 0.6 is 0 Å². The van der Waals surface area contributed by atoms with Crippen molar-refractivity contribution in [3.63, 3.8) is 0 Å². The molecule has 188 valence electrons. The molecule has 0 saturated heterocycles. The lowest BCUT2D eigenvalue weighted by atomic mass is 9.69. The monoisotopic (exact) mass is 477 g/mol. The van der Waals surface area contributed by atoms with Gasteiger partial charge in [-0.15, -0.1) is 0 Å². The van der Waals surface area contributed by atoms with E-state index in [1.165, 1.54) is 17.5 Å². The Morgan fingerprint density at radius 1 is 0.971 bits per heavy atom. The van der Waals surface area contributed by atoms with E-state index in [4.69, 9.17) is 5.11 Å². The van der Waals surface area contributed by atoms with E-state index in [0.717, 1.165) is 55.2 Å². The van der Waals surface area contributed by atoms with Gasteiger partial charge in [0.05, 0.1) is 5.60 Å². The number of carboxylic acid groups (broad SMARTS) is 1. The highest BCUT2D eigenvalue weighted by Gasteiger charge is 2.32. The zero-order chi connectivity index (χ0) is 25.6. The fourth-order valence-corrected chi connectivity index (χ4v) is 5.44. The predicted molar refractivity (Wildman–Crippen MR) is 141 cm³/mol. The summed E-state index contributed by atoms with van der Waals surface area (Å²) in [4.78, 5) is 23.2. The molecule has 0 unspecified atom stereocenters. The molecule has 2 aromatic rings. The molecule has 0 atom stereocenters. The molecule has 0 aromatic heterocycles. The summed E-state index contributed by atoms with van der Waals surface area (Å²) < 4.78 is 0. The molecule has 2 aromatic carbocycles. The van der Waals surface area contributed by atoms with E-state index in [1.807, 2.05) is 19.1 Å². The molecule has 0 aliphatic heterocycles. The third-order valence-corrected chi connectivity index (χ3v) is 7.75. The maximum Gasteiger partial charge on any atom is 0.322 e. The molecule has 0 spiro atoms. The van der Waals surface area contributed by atoms with E-state index >= 15 is 0 Å². The van der Waals surface area contributed by atoms with E-state index in [2.05, 4.69) is 56.4 Å². The van der Waals surface area contributed by atoms with Crippen LogP contribution in [-0.2, 0) is 10.2 Å². The standard InChI is InChI=1S/C30H39NO4/c1-5-30(6-2,25-12-13-26(22(4)19-25)28(34)31-20-27(32)33)24-11-10-23(21(3)18-24)14-17-29(35)15-8-7-9-16-29/h10-14,17-19,35H,5-9,15-16,20H2,1-4H3,(H,31,34)(H,32,33)/b17-14+. The first-order valence-electron chi connectivity index (χ1n) is 12.8. The van der Waals surface area contributed by atoms with Gasteiger partial charge in [0.25, 0.3) is 5.91 Å². The largest absolute Gasteiger partial charge is 0.480 e. The Morgan fingerprint density at radius 2 is 1.57 bits per heavy atom. The quantitative estimate of drug-likeness (QED) is 0.418. The number of carbonyl (C=O) groups excluding carboxylic acids is 1. The first-order valence-corrected chi connectivity index (χ1v) is 12.8. The SMILES string of the molecule is CCC(CC)(c1ccc(/C=C/C2(O)CCCCC2)c(C)c1)c1ccc(C(=O)NCC(=O)O)c(C)c1. The minimum atomic E-state index is -1.06. The first kappa shape index (κ1) is 26.7.